The van der Waals surface area contributed by atoms with E-state index in [1.807, 2.05) is 0 Å². The molecule has 0 aromatic rings. The first kappa shape index (κ1) is 12.9. The van der Waals surface area contributed by atoms with E-state index in [1.165, 1.54) is 0 Å². The normalized spacial score (nSPS) is 14.5. The van der Waals surface area contributed by atoms with Gasteiger partial charge >= 0.3 is 0 Å². The van der Waals surface area contributed by atoms with Crippen molar-refractivity contribution in [2.45, 2.75) is 46.8 Å². The van der Waals surface area contributed by atoms with E-state index in [4.69, 9.17) is 4.74 Å². The van der Waals surface area contributed by atoms with Crippen molar-refractivity contribution in [3.05, 3.63) is 0 Å². The van der Waals surface area contributed by atoms with Crippen LogP contribution in [-0.4, -0.2) is 37.2 Å². The van der Waals surface area contributed by atoms with E-state index in [2.05, 4.69) is 46.6 Å². The summed E-state index contributed by atoms with van der Waals surface area (Å²) in [4.78, 5) is 2.36. The first-order valence-corrected chi connectivity index (χ1v) is 5.25. The van der Waals surface area contributed by atoms with Gasteiger partial charge in [-0.3, -0.25) is 0 Å². The summed E-state index contributed by atoms with van der Waals surface area (Å²) in [6.45, 7) is 12.8. The average molecular weight is 187 g/mol. The number of hydrogen-bond acceptors (Lipinski definition) is 2. The van der Waals surface area contributed by atoms with Gasteiger partial charge in [-0.25, -0.2) is 0 Å². The van der Waals surface area contributed by atoms with Crippen molar-refractivity contribution in [3.63, 3.8) is 0 Å². The number of ether oxygens (including phenoxy) is 1. The van der Waals surface area contributed by atoms with Gasteiger partial charge in [0.1, 0.15) is 0 Å². The molecule has 0 radical (unpaired) electrons. The lowest BCUT2D eigenvalue weighted by Gasteiger charge is -2.25. The fourth-order valence-corrected chi connectivity index (χ4v) is 1.11. The molecule has 0 N–H and O–H groups in total. The van der Waals surface area contributed by atoms with E-state index in [-0.39, 0.29) is 0 Å². The molecule has 0 bridgehead atoms. The Morgan fingerprint density at radius 3 is 2.00 bits per heavy atom. The number of rotatable bonds is 6. The number of hydrogen-bond donors (Lipinski definition) is 0. The molecule has 0 aromatic heterocycles. The molecular weight excluding hydrogens is 162 g/mol. The lowest BCUT2D eigenvalue weighted by atomic mass is 10.1. The van der Waals surface area contributed by atoms with Gasteiger partial charge in [-0.15, -0.1) is 0 Å². The van der Waals surface area contributed by atoms with Crippen LogP contribution in [0.4, 0.5) is 0 Å². The molecule has 1 unspecified atom stereocenters. The summed E-state index contributed by atoms with van der Waals surface area (Å²) >= 11 is 0. The Morgan fingerprint density at radius 1 is 1.08 bits per heavy atom. The molecule has 2 heteroatoms. The zero-order chi connectivity index (χ0) is 10.4. The Balaban J connectivity index is 3.55. The van der Waals surface area contributed by atoms with Crippen LogP contribution in [0.2, 0.25) is 0 Å². The van der Waals surface area contributed by atoms with E-state index < -0.39 is 0 Å². The van der Waals surface area contributed by atoms with Crippen LogP contribution in [0, 0.1) is 5.92 Å². The standard InChI is InChI=1S/C11H25NO/c1-9(2)12(6)7-11(5)8-13-10(3)4/h9-11H,7-8H2,1-6H3. The van der Waals surface area contributed by atoms with Crippen molar-refractivity contribution >= 4 is 0 Å². The van der Waals surface area contributed by atoms with E-state index in [0.717, 1.165) is 13.2 Å². The highest BCUT2D eigenvalue weighted by molar-refractivity contribution is 4.62. The predicted molar refractivity (Wildman–Crippen MR) is 58.0 cm³/mol. The van der Waals surface area contributed by atoms with Gasteiger partial charge in [0.05, 0.1) is 12.7 Å². The molecule has 0 saturated heterocycles. The summed E-state index contributed by atoms with van der Waals surface area (Å²) in [6.07, 6.45) is 0.354. The molecule has 1 atom stereocenters. The highest BCUT2D eigenvalue weighted by Crippen LogP contribution is 2.03. The van der Waals surface area contributed by atoms with Gasteiger partial charge < -0.3 is 9.64 Å². The van der Waals surface area contributed by atoms with Crippen molar-refractivity contribution in [1.82, 2.24) is 4.90 Å². The van der Waals surface area contributed by atoms with Crippen molar-refractivity contribution < 1.29 is 4.74 Å². The van der Waals surface area contributed by atoms with Crippen LogP contribution in [0.3, 0.4) is 0 Å². The van der Waals surface area contributed by atoms with Gasteiger partial charge in [0.15, 0.2) is 0 Å². The van der Waals surface area contributed by atoms with Gasteiger partial charge in [-0.1, -0.05) is 6.92 Å². The summed E-state index contributed by atoms with van der Waals surface area (Å²) in [5.41, 5.74) is 0. The van der Waals surface area contributed by atoms with Gasteiger partial charge in [0.2, 0.25) is 0 Å². The molecule has 2 nitrogen and oxygen atoms in total. The van der Waals surface area contributed by atoms with Crippen LogP contribution >= 0.6 is 0 Å². The second-order valence-electron chi connectivity index (χ2n) is 4.52. The molecular formula is C11H25NO. The molecule has 0 fully saturated rings. The molecule has 0 saturated carbocycles. The van der Waals surface area contributed by atoms with Crippen molar-refractivity contribution in [3.8, 4) is 0 Å². The SMILES string of the molecule is CC(COC(C)C)CN(C)C(C)C. The molecule has 0 rings (SSSR count). The first-order chi connectivity index (χ1) is 5.93. The second-order valence-corrected chi connectivity index (χ2v) is 4.52. The maximum absolute atomic E-state index is 5.56. The monoisotopic (exact) mass is 187 g/mol. The van der Waals surface area contributed by atoms with E-state index in [0.29, 0.717) is 18.1 Å². The Morgan fingerprint density at radius 2 is 1.62 bits per heavy atom. The largest absolute Gasteiger partial charge is 0.378 e. The minimum atomic E-state index is 0.354. The highest BCUT2D eigenvalue weighted by atomic mass is 16.5. The second kappa shape index (κ2) is 6.39. The number of nitrogens with zero attached hydrogens (tertiary/aromatic N) is 1. The molecule has 80 valence electrons. The molecule has 13 heavy (non-hydrogen) atoms. The maximum Gasteiger partial charge on any atom is 0.0519 e. The Hall–Kier alpha value is -0.0800. The van der Waals surface area contributed by atoms with Crippen LogP contribution in [0.25, 0.3) is 0 Å². The average Bonchev–Trinajstić information content (AvgIpc) is 2.00. The van der Waals surface area contributed by atoms with E-state index in [1.54, 1.807) is 0 Å². The van der Waals surface area contributed by atoms with Crippen molar-refractivity contribution in [2.24, 2.45) is 5.92 Å². The Bertz CT molecular complexity index is 123. The van der Waals surface area contributed by atoms with Crippen LogP contribution in [0.15, 0.2) is 0 Å². The minimum Gasteiger partial charge on any atom is -0.378 e. The van der Waals surface area contributed by atoms with Crippen LogP contribution in [0.5, 0.6) is 0 Å². The van der Waals surface area contributed by atoms with Crippen LogP contribution in [-0.2, 0) is 4.74 Å². The molecule has 0 aliphatic carbocycles. The summed E-state index contributed by atoms with van der Waals surface area (Å²) in [7, 11) is 2.16. The Kier molecular flexibility index (Phi) is 6.35. The van der Waals surface area contributed by atoms with Crippen molar-refractivity contribution in [1.29, 1.82) is 0 Å². The quantitative estimate of drug-likeness (QED) is 0.633. The third kappa shape index (κ3) is 7.03. The summed E-state index contributed by atoms with van der Waals surface area (Å²) < 4.78 is 5.56. The topological polar surface area (TPSA) is 12.5 Å². The van der Waals surface area contributed by atoms with Crippen LogP contribution < -0.4 is 0 Å². The molecule has 0 amide bonds. The highest BCUT2D eigenvalue weighted by Gasteiger charge is 2.09. The zero-order valence-corrected chi connectivity index (χ0v) is 10.0. The third-order valence-corrected chi connectivity index (χ3v) is 2.20. The smallest absolute Gasteiger partial charge is 0.0519 e. The van der Waals surface area contributed by atoms with Crippen LogP contribution in [0.1, 0.15) is 34.6 Å². The molecule has 0 heterocycles. The molecule has 0 aromatic carbocycles. The third-order valence-electron chi connectivity index (χ3n) is 2.20. The Labute approximate surface area is 83.3 Å². The van der Waals surface area contributed by atoms with Gasteiger partial charge in [-0.2, -0.15) is 0 Å². The summed E-state index contributed by atoms with van der Waals surface area (Å²) in [6, 6.07) is 0.626. The minimum absolute atomic E-state index is 0.354. The lowest BCUT2D eigenvalue weighted by molar-refractivity contribution is 0.0447. The van der Waals surface area contributed by atoms with Gasteiger partial charge in [-0.05, 0) is 40.7 Å². The predicted octanol–water partition coefficient (Wildman–Crippen LogP) is 2.39. The lowest BCUT2D eigenvalue weighted by Crippen LogP contribution is -2.32. The first-order valence-electron chi connectivity index (χ1n) is 5.25. The summed E-state index contributed by atoms with van der Waals surface area (Å²) in [5, 5.41) is 0. The molecule has 0 spiro atoms. The van der Waals surface area contributed by atoms with E-state index in [9.17, 15) is 0 Å². The van der Waals surface area contributed by atoms with Gasteiger partial charge in [0, 0.05) is 12.6 Å². The maximum atomic E-state index is 5.56. The van der Waals surface area contributed by atoms with Gasteiger partial charge in [0.25, 0.3) is 0 Å². The molecule has 0 aliphatic heterocycles. The fraction of sp³-hybridized carbons (Fsp3) is 1.00. The summed E-state index contributed by atoms with van der Waals surface area (Å²) in [5.74, 6) is 0.620. The zero-order valence-electron chi connectivity index (χ0n) is 10.0. The van der Waals surface area contributed by atoms with E-state index >= 15 is 0 Å². The fourth-order valence-electron chi connectivity index (χ4n) is 1.11. The van der Waals surface area contributed by atoms with Crippen molar-refractivity contribution in [2.75, 3.05) is 20.2 Å². The molecule has 0 aliphatic rings.